The first-order chi connectivity index (χ1) is 10.5. The van der Waals surface area contributed by atoms with Crippen molar-refractivity contribution in [3.8, 4) is 11.5 Å². The van der Waals surface area contributed by atoms with Crippen LogP contribution in [0.15, 0.2) is 18.2 Å². The smallest absolute Gasteiger partial charge is 0.239 e. The van der Waals surface area contributed by atoms with Crippen molar-refractivity contribution in [1.29, 1.82) is 0 Å². The van der Waals surface area contributed by atoms with Gasteiger partial charge in [0.15, 0.2) is 11.5 Å². The summed E-state index contributed by atoms with van der Waals surface area (Å²) in [5.41, 5.74) is 0.899. The average molecular weight is 308 g/mol. The summed E-state index contributed by atoms with van der Waals surface area (Å²) in [6.07, 6.45) is 0.822. The molecule has 0 heterocycles. The number of hydrogen-bond donors (Lipinski definition) is 1. The topological polar surface area (TPSA) is 67.9 Å². The van der Waals surface area contributed by atoms with Crippen LogP contribution in [0.2, 0.25) is 0 Å². The molecule has 6 heteroatoms. The Morgan fingerprint density at radius 3 is 2.41 bits per heavy atom. The summed E-state index contributed by atoms with van der Waals surface area (Å²) in [5.74, 6) is 0.982. The molecule has 2 amide bonds. The first-order valence-electron chi connectivity index (χ1n) is 7.24. The van der Waals surface area contributed by atoms with E-state index in [0.717, 1.165) is 12.0 Å². The lowest BCUT2D eigenvalue weighted by atomic mass is 10.2. The van der Waals surface area contributed by atoms with Gasteiger partial charge in [-0.05, 0) is 24.1 Å². The van der Waals surface area contributed by atoms with Gasteiger partial charge in [0.05, 0.1) is 20.8 Å². The van der Waals surface area contributed by atoms with Crippen molar-refractivity contribution in [2.75, 3.05) is 27.3 Å². The molecule has 22 heavy (non-hydrogen) atoms. The summed E-state index contributed by atoms with van der Waals surface area (Å²) in [5, 5.41) is 2.80. The molecule has 1 rings (SSSR count). The van der Waals surface area contributed by atoms with Gasteiger partial charge < -0.3 is 19.7 Å². The molecule has 0 aliphatic carbocycles. The summed E-state index contributed by atoms with van der Waals surface area (Å²) in [6, 6.07) is 5.46. The molecular weight excluding hydrogens is 284 g/mol. The highest BCUT2D eigenvalue weighted by Crippen LogP contribution is 2.27. The molecule has 0 aromatic heterocycles. The van der Waals surface area contributed by atoms with E-state index in [0.29, 0.717) is 24.6 Å². The molecule has 0 saturated heterocycles. The van der Waals surface area contributed by atoms with Gasteiger partial charge in [-0.1, -0.05) is 13.0 Å². The molecule has 0 saturated carbocycles. The Morgan fingerprint density at radius 1 is 1.18 bits per heavy atom. The fourth-order valence-corrected chi connectivity index (χ4v) is 2.04. The number of rotatable bonds is 8. The van der Waals surface area contributed by atoms with Crippen molar-refractivity contribution >= 4 is 11.8 Å². The van der Waals surface area contributed by atoms with Crippen molar-refractivity contribution < 1.29 is 19.1 Å². The lowest BCUT2D eigenvalue weighted by Crippen LogP contribution is -2.39. The summed E-state index contributed by atoms with van der Waals surface area (Å²) in [7, 11) is 3.14. The molecule has 0 atom stereocenters. The Labute approximate surface area is 131 Å². The highest BCUT2D eigenvalue weighted by molar-refractivity contribution is 5.83. The molecule has 0 fully saturated rings. The molecule has 1 aromatic carbocycles. The molecular formula is C16H24N2O4. The van der Waals surface area contributed by atoms with E-state index in [9.17, 15) is 9.59 Å². The van der Waals surface area contributed by atoms with E-state index < -0.39 is 0 Å². The second-order valence-corrected chi connectivity index (χ2v) is 4.91. The Morgan fingerprint density at radius 2 is 1.86 bits per heavy atom. The first-order valence-corrected chi connectivity index (χ1v) is 7.24. The van der Waals surface area contributed by atoms with E-state index in [-0.39, 0.29) is 18.4 Å². The van der Waals surface area contributed by atoms with Gasteiger partial charge in [-0.3, -0.25) is 9.59 Å². The standard InChI is InChI=1S/C16H24N2O4/c1-5-8-18(12(2)19)11-16(20)17-10-13-6-7-14(21-3)15(9-13)22-4/h6-7,9H,5,8,10-11H2,1-4H3,(H,17,20). The van der Waals surface area contributed by atoms with Gasteiger partial charge in [-0.25, -0.2) is 0 Å². The van der Waals surface area contributed by atoms with Crippen molar-refractivity contribution in [3.63, 3.8) is 0 Å². The fraction of sp³-hybridized carbons (Fsp3) is 0.500. The molecule has 122 valence electrons. The van der Waals surface area contributed by atoms with Crippen molar-refractivity contribution in [2.45, 2.75) is 26.8 Å². The normalized spacial score (nSPS) is 10.0. The summed E-state index contributed by atoms with van der Waals surface area (Å²) >= 11 is 0. The van der Waals surface area contributed by atoms with Crippen LogP contribution in [0.3, 0.4) is 0 Å². The van der Waals surface area contributed by atoms with Crippen molar-refractivity contribution in [3.05, 3.63) is 23.8 Å². The van der Waals surface area contributed by atoms with Gasteiger partial charge in [0, 0.05) is 20.0 Å². The maximum absolute atomic E-state index is 11.9. The quantitative estimate of drug-likeness (QED) is 0.792. The van der Waals surface area contributed by atoms with Crippen LogP contribution in [-0.2, 0) is 16.1 Å². The molecule has 0 aliphatic rings. The summed E-state index contributed by atoms with van der Waals surface area (Å²) in [6.45, 7) is 4.47. The molecule has 0 spiro atoms. The van der Waals surface area contributed by atoms with Gasteiger partial charge in [-0.15, -0.1) is 0 Å². The average Bonchev–Trinajstić information content (AvgIpc) is 2.52. The lowest BCUT2D eigenvalue weighted by molar-refractivity contribution is -0.134. The second-order valence-electron chi connectivity index (χ2n) is 4.91. The van der Waals surface area contributed by atoms with Crippen LogP contribution in [0.4, 0.5) is 0 Å². The largest absolute Gasteiger partial charge is 0.493 e. The Hall–Kier alpha value is -2.24. The number of ether oxygens (including phenoxy) is 2. The SMILES string of the molecule is CCCN(CC(=O)NCc1ccc(OC)c(OC)c1)C(C)=O. The Bertz CT molecular complexity index is 517. The minimum atomic E-state index is -0.182. The van der Waals surface area contributed by atoms with Crippen molar-refractivity contribution in [2.24, 2.45) is 0 Å². The van der Waals surface area contributed by atoms with E-state index >= 15 is 0 Å². The highest BCUT2D eigenvalue weighted by Gasteiger charge is 2.12. The van der Waals surface area contributed by atoms with E-state index in [1.807, 2.05) is 19.1 Å². The van der Waals surface area contributed by atoms with Gasteiger partial charge in [0.2, 0.25) is 11.8 Å². The number of methoxy groups -OCH3 is 2. The van der Waals surface area contributed by atoms with Crippen LogP contribution < -0.4 is 14.8 Å². The zero-order valence-electron chi connectivity index (χ0n) is 13.6. The molecule has 0 aliphatic heterocycles. The van der Waals surface area contributed by atoms with Crippen LogP contribution in [0.5, 0.6) is 11.5 Å². The maximum atomic E-state index is 11.9. The number of amides is 2. The number of benzene rings is 1. The number of nitrogens with zero attached hydrogens (tertiary/aromatic N) is 1. The van der Waals surface area contributed by atoms with Gasteiger partial charge in [0.25, 0.3) is 0 Å². The zero-order valence-corrected chi connectivity index (χ0v) is 13.6. The van der Waals surface area contributed by atoms with E-state index in [2.05, 4.69) is 5.32 Å². The summed E-state index contributed by atoms with van der Waals surface area (Å²) < 4.78 is 10.4. The highest BCUT2D eigenvalue weighted by atomic mass is 16.5. The molecule has 6 nitrogen and oxygen atoms in total. The number of carbonyl (C=O) groups is 2. The molecule has 0 bridgehead atoms. The lowest BCUT2D eigenvalue weighted by Gasteiger charge is -2.19. The second kappa shape index (κ2) is 8.92. The van der Waals surface area contributed by atoms with E-state index in [4.69, 9.17) is 9.47 Å². The number of hydrogen-bond acceptors (Lipinski definition) is 4. The molecule has 0 radical (unpaired) electrons. The van der Waals surface area contributed by atoms with Crippen LogP contribution >= 0.6 is 0 Å². The van der Waals surface area contributed by atoms with E-state index in [1.165, 1.54) is 11.8 Å². The van der Waals surface area contributed by atoms with Gasteiger partial charge in [-0.2, -0.15) is 0 Å². The summed E-state index contributed by atoms with van der Waals surface area (Å²) in [4.78, 5) is 24.9. The monoisotopic (exact) mass is 308 g/mol. The third kappa shape index (κ3) is 5.27. The zero-order chi connectivity index (χ0) is 16.5. The predicted molar refractivity (Wildman–Crippen MR) is 83.9 cm³/mol. The van der Waals surface area contributed by atoms with Gasteiger partial charge in [0.1, 0.15) is 0 Å². The molecule has 0 unspecified atom stereocenters. The number of nitrogens with one attached hydrogen (secondary N) is 1. The first kappa shape index (κ1) is 17.8. The minimum absolute atomic E-state index is 0.0798. The van der Waals surface area contributed by atoms with Crippen LogP contribution in [-0.4, -0.2) is 44.0 Å². The Balaban J connectivity index is 2.58. The Kier molecular flexibility index (Phi) is 7.22. The van der Waals surface area contributed by atoms with Crippen LogP contribution in [0.1, 0.15) is 25.8 Å². The molecule has 1 aromatic rings. The van der Waals surface area contributed by atoms with Gasteiger partial charge >= 0.3 is 0 Å². The maximum Gasteiger partial charge on any atom is 0.239 e. The van der Waals surface area contributed by atoms with Crippen LogP contribution in [0.25, 0.3) is 0 Å². The van der Waals surface area contributed by atoms with E-state index in [1.54, 1.807) is 20.3 Å². The third-order valence-electron chi connectivity index (χ3n) is 3.21. The predicted octanol–water partition coefficient (Wildman–Crippen LogP) is 1.58. The van der Waals surface area contributed by atoms with Crippen LogP contribution in [0, 0.1) is 0 Å². The molecule has 1 N–H and O–H groups in total. The fourth-order valence-electron chi connectivity index (χ4n) is 2.04. The third-order valence-corrected chi connectivity index (χ3v) is 3.21. The number of carbonyl (C=O) groups excluding carboxylic acids is 2. The van der Waals surface area contributed by atoms with Crippen molar-refractivity contribution in [1.82, 2.24) is 10.2 Å². The minimum Gasteiger partial charge on any atom is -0.493 e.